The van der Waals surface area contributed by atoms with Crippen molar-refractivity contribution in [2.75, 3.05) is 21.3 Å². The summed E-state index contributed by atoms with van der Waals surface area (Å²) in [5.74, 6) is -1.37. The second kappa shape index (κ2) is 6.91. The van der Waals surface area contributed by atoms with Crippen LogP contribution in [0.1, 0.15) is 32.2 Å². The zero-order valence-corrected chi connectivity index (χ0v) is 16.9. The molecule has 0 saturated heterocycles. The van der Waals surface area contributed by atoms with Crippen molar-refractivity contribution >= 4 is 24.6 Å². The summed E-state index contributed by atoms with van der Waals surface area (Å²) < 4.78 is 28.8. The smallest absolute Gasteiger partial charge is 0.377 e. The number of nitrogens with zero attached hydrogens (tertiary/aromatic N) is 1. The SMILES string of the molecule is COc1cccc(C2C(P(=O)(OC)OC)=NNC23C(=O)c2ccccc2C3=O)c1. The van der Waals surface area contributed by atoms with E-state index in [-0.39, 0.29) is 5.45 Å². The van der Waals surface area contributed by atoms with Gasteiger partial charge >= 0.3 is 7.60 Å². The molecule has 9 heteroatoms. The van der Waals surface area contributed by atoms with E-state index in [1.54, 1.807) is 48.5 Å². The van der Waals surface area contributed by atoms with Gasteiger partial charge in [-0.3, -0.25) is 19.6 Å². The van der Waals surface area contributed by atoms with E-state index in [9.17, 15) is 14.2 Å². The van der Waals surface area contributed by atoms with E-state index in [2.05, 4.69) is 10.5 Å². The average Bonchev–Trinajstić information content (AvgIpc) is 3.27. The average molecular weight is 414 g/mol. The van der Waals surface area contributed by atoms with Crippen molar-refractivity contribution in [3.05, 3.63) is 65.2 Å². The Balaban J connectivity index is 1.95. The predicted octanol–water partition coefficient (Wildman–Crippen LogP) is 3.00. The Bertz CT molecular complexity index is 1050. The van der Waals surface area contributed by atoms with Crippen LogP contribution in [0, 0.1) is 0 Å². The van der Waals surface area contributed by atoms with Crippen molar-refractivity contribution in [2.24, 2.45) is 5.10 Å². The third-order valence-electron chi connectivity index (χ3n) is 5.36. The Hall–Kier alpha value is -2.80. The minimum absolute atomic E-state index is 0.0368. The summed E-state index contributed by atoms with van der Waals surface area (Å²) in [4.78, 5) is 26.9. The number of carbonyl (C=O) groups is 2. The monoisotopic (exact) mass is 414 g/mol. The molecule has 1 aliphatic heterocycles. The lowest BCUT2D eigenvalue weighted by atomic mass is 9.77. The molecular formula is C20H19N2O6P. The van der Waals surface area contributed by atoms with E-state index in [0.29, 0.717) is 22.4 Å². The number of methoxy groups -OCH3 is 1. The van der Waals surface area contributed by atoms with Crippen molar-refractivity contribution < 1.29 is 27.9 Å². The van der Waals surface area contributed by atoms with Crippen LogP contribution >= 0.6 is 7.60 Å². The number of ketones is 2. The third-order valence-corrected chi connectivity index (χ3v) is 7.24. The fraction of sp³-hybridized carbons (Fsp3) is 0.250. The van der Waals surface area contributed by atoms with Crippen molar-refractivity contribution in [3.63, 3.8) is 0 Å². The molecule has 1 N–H and O–H groups in total. The van der Waals surface area contributed by atoms with Gasteiger partial charge in [0.05, 0.1) is 13.0 Å². The largest absolute Gasteiger partial charge is 0.497 e. The van der Waals surface area contributed by atoms with Crippen molar-refractivity contribution in [3.8, 4) is 5.75 Å². The maximum atomic E-state index is 13.5. The molecule has 2 aliphatic rings. The van der Waals surface area contributed by atoms with E-state index in [1.807, 2.05) is 0 Å². The molecule has 0 aromatic heterocycles. The van der Waals surface area contributed by atoms with Crippen molar-refractivity contribution in [1.29, 1.82) is 0 Å². The fourth-order valence-electron chi connectivity index (χ4n) is 3.94. The second-order valence-corrected chi connectivity index (χ2v) is 8.85. The number of Topliss-reactive ketones (excluding diaryl/α,β-unsaturated/α-hetero) is 2. The van der Waals surface area contributed by atoms with E-state index >= 15 is 0 Å². The highest BCUT2D eigenvalue weighted by molar-refractivity contribution is 7.72. The van der Waals surface area contributed by atoms with Crippen LogP contribution in [0.25, 0.3) is 0 Å². The van der Waals surface area contributed by atoms with Gasteiger partial charge in [-0.1, -0.05) is 36.4 Å². The predicted molar refractivity (Wildman–Crippen MR) is 106 cm³/mol. The van der Waals surface area contributed by atoms with E-state index in [0.717, 1.165) is 0 Å². The van der Waals surface area contributed by atoms with Crippen LogP contribution in [0.2, 0.25) is 0 Å². The number of hydrazone groups is 1. The summed E-state index contributed by atoms with van der Waals surface area (Å²) in [6.45, 7) is 0. The molecule has 2 aromatic carbocycles. The molecule has 1 unspecified atom stereocenters. The molecule has 0 bridgehead atoms. The number of hydrogen-bond donors (Lipinski definition) is 1. The minimum atomic E-state index is -3.86. The van der Waals surface area contributed by atoms with E-state index < -0.39 is 30.6 Å². The Kier molecular flexibility index (Phi) is 4.65. The Morgan fingerprint density at radius 3 is 2.14 bits per heavy atom. The van der Waals surface area contributed by atoms with Gasteiger partial charge in [-0.25, -0.2) is 0 Å². The summed E-state index contributed by atoms with van der Waals surface area (Å²) in [5.41, 5.74) is 2.01. The molecule has 8 nitrogen and oxygen atoms in total. The van der Waals surface area contributed by atoms with Gasteiger partial charge in [0.15, 0.2) is 22.6 Å². The number of carbonyl (C=O) groups excluding carboxylic acids is 2. The highest BCUT2D eigenvalue weighted by Gasteiger charge is 2.65. The molecule has 0 fully saturated rings. The first-order valence-corrected chi connectivity index (χ1v) is 10.4. The van der Waals surface area contributed by atoms with Crippen molar-refractivity contribution in [1.82, 2.24) is 5.43 Å². The number of fused-ring (bicyclic) bond motifs is 1. The van der Waals surface area contributed by atoms with Gasteiger partial charge in [0.1, 0.15) is 5.75 Å². The van der Waals surface area contributed by atoms with Gasteiger partial charge in [0.25, 0.3) is 0 Å². The highest BCUT2D eigenvalue weighted by atomic mass is 31.2. The van der Waals surface area contributed by atoms with Crippen molar-refractivity contribution in [2.45, 2.75) is 11.5 Å². The molecule has 1 spiro atoms. The van der Waals surface area contributed by atoms with Gasteiger partial charge in [0.2, 0.25) is 0 Å². The van der Waals surface area contributed by atoms with Crippen LogP contribution in [0.3, 0.4) is 0 Å². The molecule has 0 saturated carbocycles. The molecule has 29 heavy (non-hydrogen) atoms. The van der Waals surface area contributed by atoms with E-state index in [1.165, 1.54) is 21.3 Å². The van der Waals surface area contributed by atoms with Gasteiger partial charge in [0, 0.05) is 25.3 Å². The number of hydrogen-bond acceptors (Lipinski definition) is 8. The maximum Gasteiger partial charge on any atom is 0.377 e. The molecule has 150 valence electrons. The first kappa shape index (κ1) is 19.5. The third kappa shape index (κ3) is 2.60. The number of rotatable bonds is 5. The summed E-state index contributed by atoms with van der Waals surface area (Å²) in [7, 11) is 0.108. The van der Waals surface area contributed by atoms with Crippen LogP contribution in [-0.4, -0.2) is 43.9 Å². The minimum Gasteiger partial charge on any atom is -0.497 e. The number of benzene rings is 2. The zero-order valence-electron chi connectivity index (χ0n) is 16.0. The molecular weight excluding hydrogens is 395 g/mol. The molecule has 4 rings (SSSR count). The lowest BCUT2D eigenvalue weighted by molar-refractivity contribution is 0.0761. The van der Waals surface area contributed by atoms with Crippen LogP contribution in [0.15, 0.2) is 53.6 Å². The van der Waals surface area contributed by atoms with E-state index in [4.69, 9.17) is 13.8 Å². The lowest BCUT2D eigenvalue weighted by Crippen LogP contribution is -2.54. The van der Waals surface area contributed by atoms with Gasteiger partial charge in [-0.05, 0) is 17.7 Å². The van der Waals surface area contributed by atoms with Gasteiger partial charge in [-0.15, -0.1) is 0 Å². The Morgan fingerprint density at radius 1 is 0.966 bits per heavy atom. The molecule has 0 radical (unpaired) electrons. The molecule has 0 amide bonds. The normalized spacial score (nSPS) is 19.8. The standard InChI is InChI=1S/C20H19N2O6P/c1-26-13-8-6-7-12(11-13)16-19(29(25,27-2)28-3)21-22-20(16)17(23)14-9-4-5-10-15(14)18(20)24/h4-11,16,22H,1-3H3. The number of nitrogens with one attached hydrogen (secondary N) is 1. The van der Waals surface area contributed by atoms with Crippen LogP contribution in [-0.2, 0) is 13.6 Å². The summed E-state index contributed by atoms with van der Waals surface area (Å²) in [6, 6.07) is 13.4. The van der Waals surface area contributed by atoms with Crippen LogP contribution in [0.5, 0.6) is 5.75 Å². The molecule has 1 heterocycles. The fourth-order valence-corrected chi connectivity index (χ4v) is 5.29. The van der Waals surface area contributed by atoms with Crippen LogP contribution in [0.4, 0.5) is 0 Å². The summed E-state index contributed by atoms with van der Waals surface area (Å²) in [6.07, 6.45) is 0. The second-order valence-electron chi connectivity index (χ2n) is 6.67. The first-order valence-electron chi connectivity index (χ1n) is 8.82. The quantitative estimate of drug-likeness (QED) is 0.593. The zero-order chi connectivity index (χ0) is 20.8. The topological polar surface area (TPSA) is 103 Å². The lowest BCUT2D eigenvalue weighted by Gasteiger charge is -2.29. The first-order chi connectivity index (χ1) is 13.9. The van der Waals surface area contributed by atoms with Crippen LogP contribution < -0.4 is 10.2 Å². The Labute approximate surface area is 167 Å². The van der Waals surface area contributed by atoms with Gasteiger partial charge < -0.3 is 13.8 Å². The summed E-state index contributed by atoms with van der Waals surface area (Å²) in [5, 5.41) is 4.15. The molecule has 2 aromatic rings. The highest BCUT2D eigenvalue weighted by Crippen LogP contribution is 2.58. The number of ether oxygens (including phenoxy) is 1. The summed E-state index contributed by atoms with van der Waals surface area (Å²) >= 11 is 0. The maximum absolute atomic E-state index is 13.5. The molecule has 1 atom stereocenters. The molecule has 1 aliphatic carbocycles. The Morgan fingerprint density at radius 2 is 1.59 bits per heavy atom. The van der Waals surface area contributed by atoms with Gasteiger partial charge in [-0.2, -0.15) is 5.10 Å².